The number of amides is 1. The summed E-state index contributed by atoms with van der Waals surface area (Å²) in [7, 11) is 3.24. The molecule has 0 aromatic heterocycles. The van der Waals surface area contributed by atoms with Gasteiger partial charge in [-0.05, 0) is 29.7 Å². The van der Waals surface area contributed by atoms with Crippen molar-refractivity contribution in [3.05, 3.63) is 65.7 Å². The fourth-order valence-electron chi connectivity index (χ4n) is 2.18. The molecule has 0 spiro atoms. The van der Waals surface area contributed by atoms with Crippen molar-refractivity contribution in [3.63, 3.8) is 0 Å². The van der Waals surface area contributed by atoms with E-state index >= 15 is 0 Å². The first kappa shape index (κ1) is 18.4. The van der Waals surface area contributed by atoms with Crippen molar-refractivity contribution in [1.82, 2.24) is 5.32 Å². The largest absolute Gasteiger partial charge is 0.497 e. The molecular weight excluding hydrogens is 318 g/mol. The molecule has 0 atom stereocenters. The number of hydrogen-bond donors (Lipinski definition) is 1. The SMILES string of the molecule is COc1cc(C=CCCNC(=O)OCc2ccccc2)cc(OC)c1. The average Bonchev–Trinajstić information content (AvgIpc) is 2.66. The van der Waals surface area contributed by atoms with Crippen molar-refractivity contribution in [3.8, 4) is 11.5 Å². The van der Waals surface area contributed by atoms with Crippen LogP contribution >= 0.6 is 0 Å². The normalized spacial score (nSPS) is 10.5. The Bertz CT molecular complexity index is 676. The van der Waals surface area contributed by atoms with E-state index in [-0.39, 0.29) is 6.61 Å². The number of rotatable bonds is 8. The van der Waals surface area contributed by atoms with Gasteiger partial charge in [0.1, 0.15) is 18.1 Å². The molecule has 2 rings (SSSR count). The molecule has 132 valence electrons. The predicted molar refractivity (Wildman–Crippen MR) is 97.8 cm³/mol. The van der Waals surface area contributed by atoms with Gasteiger partial charge in [-0.15, -0.1) is 0 Å². The third-order valence-electron chi connectivity index (χ3n) is 3.48. The van der Waals surface area contributed by atoms with Crippen LogP contribution < -0.4 is 14.8 Å². The second-order valence-corrected chi connectivity index (χ2v) is 5.33. The van der Waals surface area contributed by atoms with Gasteiger partial charge in [0.15, 0.2) is 0 Å². The standard InChI is InChI=1S/C20H23NO4/c1-23-18-12-17(13-19(14-18)24-2)10-6-7-11-21-20(22)25-15-16-8-4-3-5-9-16/h3-6,8-10,12-14H,7,11,15H2,1-2H3,(H,21,22). The van der Waals surface area contributed by atoms with Crippen molar-refractivity contribution in [2.75, 3.05) is 20.8 Å². The number of benzene rings is 2. The summed E-state index contributed by atoms with van der Waals surface area (Å²) in [6.07, 6.45) is 4.22. The van der Waals surface area contributed by atoms with Crippen LogP contribution in [-0.4, -0.2) is 26.9 Å². The maximum absolute atomic E-state index is 11.6. The van der Waals surface area contributed by atoms with Crippen LogP contribution in [0.15, 0.2) is 54.6 Å². The van der Waals surface area contributed by atoms with Crippen molar-refractivity contribution >= 4 is 12.2 Å². The summed E-state index contributed by atoms with van der Waals surface area (Å²) in [6.45, 7) is 0.775. The zero-order chi connectivity index (χ0) is 17.9. The van der Waals surface area contributed by atoms with E-state index in [4.69, 9.17) is 14.2 Å². The minimum absolute atomic E-state index is 0.270. The summed E-state index contributed by atoms with van der Waals surface area (Å²) >= 11 is 0. The molecule has 0 saturated heterocycles. The average molecular weight is 341 g/mol. The van der Waals surface area contributed by atoms with E-state index in [9.17, 15) is 4.79 Å². The molecule has 0 bridgehead atoms. The van der Waals surface area contributed by atoms with Gasteiger partial charge in [0.2, 0.25) is 0 Å². The smallest absolute Gasteiger partial charge is 0.407 e. The second-order valence-electron chi connectivity index (χ2n) is 5.33. The number of carbonyl (C=O) groups is 1. The van der Waals surface area contributed by atoms with Gasteiger partial charge in [-0.25, -0.2) is 4.79 Å². The summed E-state index contributed by atoms with van der Waals surface area (Å²) in [5.74, 6) is 1.48. The molecule has 5 nitrogen and oxygen atoms in total. The highest BCUT2D eigenvalue weighted by Gasteiger charge is 2.01. The number of nitrogens with one attached hydrogen (secondary N) is 1. The van der Waals surface area contributed by atoms with Crippen LogP contribution in [0.25, 0.3) is 6.08 Å². The first-order valence-electron chi connectivity index (χ1n) is 8.05. The predicted octanol–water partition coefficient (Wildman–Crippen LogP) is 4.03. The van der Waals surface area contributed by atoms with E-state index in [1.165, 1.54) is 0 Å². The van der Waals surface area contributed by atoms with Crippen LogP contribution in [0.3, 0.4) is 0 Å². The van der Waals surface area contributed by atoms with Gasteiger partial charge >= 0.3 is 6.09 Å². The fraction of sp³-hybridized carbons (Fsp3) is 0.250. The molecule has 0 aliphatic heterocycles. The van der Waals surface area contributed by atoms with E-state index < -0.39 is 6.09 Å². The van der Waals surface area contributed by atoms with Gasteiger partial charge in [0, 0.05) is 12.6 Å². The van der Waals surface area contributed by atoms with Crippen LogP contribution in [0.4, 0.5) is 4.79 Å². The number of alkyl carbamates (subject to hydrolysis) is 1. The summed E-state index contributed by atoms with van der Waals surface area (Å²) in [4.78, 5) is 11.6. The third kappa shape index (κ3) is 6.59. The Morgan fingerprint density at radius 2 is 1.72 bits per heavy atom. The van der Waals surface area contributed by atoms with Gasteiger partial charge in [0.25, 0.3) is 0 Å². The first-order valence-corrected chi connectivity index (χ1v) is 8.05. The topological polar surface area (TPSA) is 56.8 Å². The summed E-state index contributed by atoms with van der Waals surface area (Å²) in [5.41, 5.74) is 1.94. The minimum Gasteiger partial charge on any atom is -0.497 e. The van der Waals surface area contributed by atoms with E-state index in [1.54, 1.807) is 14.2 Å². The van der Waals surface area contributed by atoms with Gasteiger partial charge in [-0.1, -0.05) is 42.5 Å². The molecule has 0 aliphatic rings. The van der Waals surface area contributed by atoms with Crippen molar-refractivity contribution in [2.24, 2.45) is 0 Å². The van der Waals surface area contributed by atoms with E-state index in [0.29, 0.717) is 13.0 Å². The van der Waals surface area contributed by atoms with Crippen LogP contribution in [-0.2, 0) is 11.3 Å². The Balaban J connectivity index is 1.71. The van der Waals surface area contributed by atoms with E-state index in [2.05, 4.69) is 5.32 Å². The molecule has 5 heteroatoms. The van der Waals surface area contributed by atoms with Crippen LogP contribution in [0.2, 0.25) is 0 Å². The molecule has 0 aliphatic carbocycles. The van der Waals surface area contributed by atoms with E-state index in [1.807, 2.05) is 60.7 Å². The second kappa shape index (κ2) is 10.0. The van der Waals surface area contributed by atoms with E-state index in [0.717, 1.165) is 22.6 Å². The summed E-state index contributed by atoms with van der Waals surface area (Å²) in [5, 5.41) is 2.72. The Hall–Kier alpha value is -2.95. The Kier molecular flexibility index (Phi) is 7.38. The van der Waals surface area contributed by atoms with Gasteiger partial charge in [-0.2, -0.15) is 0 Å². The molecule has 0 unspecified atom stereocenters. The molecular formula is C20H23NO4. The van der Waals surface area contributed by atoms with Crippen LogP contribution in [0, 0.1) is 0 Å². The molecule has 2 aromatic rings. The number of methoxy groups -OCH3 is 2. The molecule has 0 heterocycles. The number of ether oxygens (including phenoxy) is 3. The zero-order valence-electron chi connectivity index (χ0n) is 14.5. The number of hydrogen-bond acceptors (Lipinski definition) is 4. The summed E-state index contributed by atoms with van der Waals surface area (Å²) in [6, 6.07) is 15.2. The van der Waals surface area contributed by atoms with Crippen molar-refractivity contribution in [1.29, 1.82) is 0 Å². The van der Waals surface area contributed by atoms with Gasteiger partial charge in [0.05, 0.1) is 14.2 Å². The molecule has 2 aromatic carbocycles. The maximum Gasteiger partial charge on any atom is 0.407 e. The van der Waals surface area contributed by atoms with Crippen LogP contribution in [0.5, 0.6) is 11.5 Å². The quantitative estimate of drug-likeness (QED) is 0.737. The lowest BCUT2D eigenvalue weighted by Crippen LogP contribution is -2.24. The summed E-state index contributed by atoms with van der Waals surface area (Å²) < 4.78 is 15.6. The Labute approximate surface area is 148 Å². The molecule has 0 fully saturated rings. The Morgan fingerprint density at radius 1 is 1.04 bits per heavy atom. The van der Waals surface area contributed by atoms with Crippen molar-refractivity contribution in [2.45, 2.75) is 13.0 Å². The van der Waals surface area contributed by atoms with Crippen molar-refractivity contribution < 1.29 is 19.0 Å². The maximum atomic E-state index is 11.6. The van der Waals surface area contributed by atoms with Gasteiger partial charge < -0.3 is 19.5 Å². The lowest BCUT2D eigenvalue weighted by molar-refractivity contribution is 0.140. The Morgan fingerprint density at radius 3 is 2.36 bits per heavy atom. The molecule has 1 N–H and O–H groups in total. The van der Waals surface area contributed by atoms with Gasteiger partial charge in [-0.3, -0.25) is 0 Å². The molecule has 25 heavy (non-hydrogen) atoms. The molecule has 1 amide bonds. The highest BCUT2D eigenvalue weighted by molar-refractivity contribution is 5.67. The monoisotopic (exact) mass is 341 g/mol. The lowest BCUT2D eigenvalue weighted by Gasteiger charge is -2.06. The minimum atomic E-state index is -0.416. The van der Waals surface area contributed by atoms with Crippen LogP contribution in [0.1, 0.15) is 17.5 Å². The highest BCUT2D eigenvalue weighted by atomic mass is 16.5. The zero-order valence-corrected chi connectivity index (χ0v) is 14.5. The highest BCUT2D eigenvalue weighted by Crippen LogP contribution is 2.23. The molecule has 0 radical (unpaired) electrons. The number of carbonyl (C=O) groups excluding carboxylic acids is 1. The third-order valence-corrected chi connectivity index (χ3v) is 3.48. The lowest BCUT2D eigenvalue weighted by atomic mass is 10.1. The fourth-order valence-corrected chi connectivity index (χ4v) is 2.18. The first-order chi connectivity index (χ1) is 12.2. The molecule has 0 saturated carbocycles.